The van der Waals surface area contributed by atoms with Gasteiger partial charge in [-0.05, 0) is 236 Å². The van der Waals surface area contributed by atoms with E-state index >= 15 is 0 Å². The van der Waals surface area contributed by atoms with Gasteiger partial charge in [-0.1, -0.05) is 166 Å². The van der Waals surface area contributed by atoms with Crippen LogP contribution in [0.3, 0.4) is 0 Å². The van der Waals surface area contributed by atoms with Gasteiger partial charge in [0, 0.05) is 125 Å². The fourth-order valence-corrected chi connectivity index (χ4v) is 13.5. The summed E-state index contributed by atoms with van der Waals surface area (Å²) in [6.45, 7) is 18.6. The van der Waals surface area contributed by atoms with Crippen molar-refractivity contribution in [3.8, 4) is 0 Å². The van der Waals surface area contributed by atoms with Gasteiger partial charge in [0.15, 0.2) is 0 Å². The molecule has 13 aromatic carbocycles. The summed E-state index contributed by atoms with van der Waals surface area (Å²) in [4.78, 5) is 9.56. The fraction of sp³-hybridized carbons (Fsp3) is 0.114. The average Bonchev–Trinajstić information content (AvgIpc) is 1.59. The Hall–Kier alpha value is -11.3. The Bertz CT molecular complexity index is 4400. The molecule has 0 bridgehead atoms. The molecule has 0 saturated heterocycles. The first-order valence-electron chi connectivity index (χ1n) is 32.8. The van der Waals surface area contributed by atoms with E-state index in [-0.39, 0.29) is 0 Å². The number of nitrogens with zero attached hydrogens (tertiary/aromatic N) is 6. The molecule has 0 saturated carbocycles. The zero-order valence-electron chi connectivity index (χ0n) is 54.8. The van der Waals surface area contributed by atoms with Crippen molar-refractivity contribution < 1.29 is 0 Å². The zero-order chi connectivity index (χ0) is 64.1. The number of hydrogen-bond donors (Lipinski definition) is 0. The van der Waals surface area contributed by atoms with Crippen LogP contribution in [-0.2, 0) is 13.1 Å². The van der Waals surface area contributed by atoms with Crippen molar-refractivity contribution in [2.24, 2.45) is 0 Å². The van der Waals surface area contributed by atoms with E-state index in [1.165, 1.54) is 99.2 Å². The third-order valence-corrected chi connectivity index (χ3v) is 18.7. The van der Waals surface area contributed by atoms with Crippen LogP contribution < -0.4 is 19.6 Å². The highest BCUT2D eigenvalue weighted by molar-refractivity contribution is 6.12. The topological polar surface area (TPSA) is 22.8 Å². The summed E-state index contributed by atoms with van der Waals surface area (Å²) < 4.78 is 5.04. The lowest BCUT2D eigenvalue weighted by atomic mass is 10.1. The van der Waals surface area contributed by atoms with E-state index in [2.05, 4.69) is 375 Å². The highest BCUT2D eigenvalue weighted by atomic mass is 15.2. The number of hydrogen-bond acceptors (Lipinski definition) is 4. The van der Waals surface area contributed by atoms with Gasteiger partial charge in [0.25, 0.3) is 0 Å². The highest BCUT2D eigenvalue weighted by Gasteiger charge is 2.23. The van der Waals surface area contributed by atoms with E-state index in [9.17, 15) is 0 Å². The summed E-state index contributed by atoms with van der Waals surface area (Å²) >= 11 is 0. The second-order valence-electron chi connectivity index (χ2n) is 25.8. The Morgan fingerprint density at radius 3 is 0.489 bits per heavy atom. The van der Waals surface area contributed by atoms with E-state index in [1.807, 2.05) is 0 Å². The minimum Gasteiger partial charge on any atom is -0.336 e. The van der Waals surface area contributed by atoms with Gasteiger partial charge in [-0.15, -0.1) is 0 Å². The molecule has 2 aromatic heterocycles. The molecule has 0 aliphatic carbocycles. The van der Waals surface area contributed by atoms with Crippen LogP contribution in [0.2, 0.25) is 0 Å². The summed E-state index contributed by atoms with van der Waals surface area (Å²) in [5.74, 6) is 0. The van der Waals surface area contributed by atoms with Gasteiger partial charge < -0.3 is 28.7 Å². The van der Waals surface area contributed by atoms with Gasteiger partial charge in [-0.3, -0.25) is 0 Å². The molecule has 0 aliphatic heterocycles. The molecule has 0 aliphatic rings. The Morgan fingerprint density at radius 2 is 0.330 bits per heavy atom. The van der Waals surface area contributed by atoms with Crippen molar-refractivity contribution in [1.82, 2.24) is 9.13 Å². The predicted octanol–water partition coefficient (Wildman–Crippen LogP) is 24.3. The van der Waals surface area contributed by atoms with Crippen molar-refractivity contribution in [2.75, 3.05) is 19.6 Å². The van der Waals surface area contributed by atoms with Crippen molar-refractivity contribution in [1.29, 1.82) is 0 Å². The Balaban J connectivity index is 0.843. The fourth-order valence-electron chi connectivity index (χ4n) is 13.5. The van der Waals surface area contributed by atoms with Gasteiger partial charge in [0.05, 0.1) is 0 Å². The molecule has 0 atom stereocenters. The monoisotopic (exact) mass is 1220 g/mol. The van der Waals surface area contributed by atoms with Gasteiger partial charge >= 0.3 is 0 Å². The quantitative estimate of drug-likeness (QED) is 0.0962. The van der Waals surface area contributed by atoms with Crippen LogP contribution in [0.15, 0.2) is 291 Å². The average molecular weight is 1220 g/mol. The molecule has 2 heterocycles. The van der Waals surface area contributed by atoms with Crippen LogP contribution in [0.25, 0.3) is 43.6 Å². The highest BCUT2D eigenvalue weighted by Crippen LogP contribution is 2.45. The smallest absolute Gasteiger partial charge is 0.0496 e. The van der Waals surface area contributed by atoms with Crippen LogP contribution >= 0.6 is 0 Å². The summed E-state index contributed by atoms with van der Waals surface area (Å²) in [5.41, 5.74) is 30.4. The van der Waals surface area contributed by atoms with Gasteiger partial charge in [-0.2, -0.15) is 0 Å². The van der Waals surface area contributed by atoms with Crippen LogP contribution in [0.5, 0.6) is 0 Å². The Kier molecular flexibility index (Phi) is 15.5. The first-order valence-corrected chi connectivity index (χ1v) is 32.8. The number of fused-ring (bicyclic) bond motifs is 6. The molecule has 15 aromatic rings. The third-order valence-electron chi connectivity index (χ3n) is 18.7. The second-order valence-corrected chi connectivity index (χ2v) is 25.8. The van der Waals surface area contributed by atoms with Gasteiger partial charge in [-0.25, -0.2) is 0 Å². The molecule has 94 heavy (non-hydrogen) atoms. The number of aromatic nitrogens is 2. The van der Waals surface area contributed by atoms with E-state index in [4.69, 9.17) is 0 Å². The van der Waals surface area contributed by atoms with E-state index in [0.717, 1.165) is 68.2 Å². The largest absolute Gasteiger partial charge is 0.336 e. The van der Waals surface area contributed by atoms with Crippen LogP contribution in [-0.4, -0.2) is 9.13 Å². The van der Waals surface area contributed by atoms with Crippen LogP contribution in [0.1, 0.15) is 55.6 Å². The molecule has 6 nitrogen and oxygen atoms in total. The van der Waals surface area contributed by atoms with Crippen molar-refractivity contribution >= 4 is 112 Å². The number of anilines is 12. The van der Waals surface area contributed by atoms with Gasteiger partial charge in [0.1, 0.15) is 0 Å². The molecular formula is C88H76N6. The van der Waals surface area contributed by atoms with E-state index in [0.29, 0.717) is 13.1 Å². The maximum atomic E-state index is 2.52. The molecule has 0 radical (unpaired) electrons. The molecule has 0 amide bonds. The molecule has 6 heteroatoms. The minimum atomic E-state index is 0.691. The molecular weight excluding hydrogens is 1140 g/mol. The third kappa shape index (κ3) is 11.5. The zero-order valence-corrected chi connectivity index (χ0v) is 54.8. The van der Waals surface area contributed by atoms with Crippen LogP contribution in [0.4, 0.5) is 68.2 Å². The van der Waals surface area contributed by atoms with Crippen LogP contribution in [0, 0.1) is 55.4 Å². The SMILES string of the molecule is Cc1ccc(N(c2ccc(C)cc2)c2ccc3c(c2)c2cc(N(c4ccc(C)cc4)c4ccc(C)cc4)ccc2n3Cc2ccc(Cn3c4ccc(N(c5ccc(C)cc5)c5ccc(C)cc5)cc4c4cc(N(c5ccc(C)cc5)c5ccc(C)cc5)ccc43)cc2)cc1. The molecule has 0 N–H and O–H groups in total. The first kappa shape index (κ1) is 59.0. The minimum absolute atomic E-state index is 0.691. The lowest BCUT2D eigenvalue weighted by molar-refractivity contribution is 0.852. The van der Waals surface area contributed by atoms with Crippen molar-refractivity contribution in [3.05, 3.63) is 347 Å². The standard InChI is InChI=1S/C88H76N6/c1-59-9-29-69(30-10-59)91(70-31-11-60(2)12-32-70)77-45-49-85-81(53-77)82-54-78(92(71-33-13-61(3)14-34-71)72-35-15-62(4)16-36-72)46-50-86(82)89(85)57-67-25-27-68(28-26-67)58-90-87-51-47-79(93(73-37-17-63(5)18-38-73)74-39-19-64(6)20-40-74)55-83(87)84-56-80(48-52-88(84)90)94(75-41-21-65(7)22-42-75)76-43-23-66(8)24-44-76/h9-56H,57-58H2,1-8H3. The van der Waals surface area contributed by atoms with E-state index in [1.54, 1.807) is 0 Å². The lowest BCUT2D eigenvalue weighted by Gasteiger charge is -2.26. The summed E-state index contributed by atoms with van der Waals surface area (Å²) in [5, 5.41) is 4.79. The number of benzene rings is 13. The van der Waals surface area contributed by atoms with Crippen molar-refractivity contribution in [3.63, 3.8) is 0 Å². The summed E-state index contributed by atoms with van der Waals surface area (Å²) in [6, 6.07) is 109. The Morgan fingerprint density at radius 1 is 0.181 bits per heavy atom. The van der Waals surface area contributed by atoms with E-state index < -0.39 is 0 Å². The molecule has 0 unspecified atom stereocenters. The molecule has 0 spiro atoms. The predicted molar refractivity (Wildman–Crippen MR) is 400 cm³/mol. The Labute approximate surface area is 552 Å². The van der Waals surface area contributed by atoms with Gasteiger partial charge in [0.2, 0.25) is 0 Å². The normalized spacial score (nSPS) is 11.5. The first-order chi connectivity index (χ1) is 45.8. The molecule has 15 rings (SSSR count). The maximum absolute atomic E-state index is 2.52. The lowest BCUT2D eigenvalue weighted by Crippen LogP contribution is -2.10. The maximum Gasteiger partial charge on any atom is 0.0496 e. The number of aryl methyl sites for hydroxylation is 8. The summed E-state index contributed by atoms with van der Waals surface area (Å²) in [7, 11) is 0. The van der Waals surface area contributed by atoms with Crippen molar-refractivity contribution in [2.45, 2.75) is 68.5 Å². The second kappa shape index (κ2) is 24.7. The molecule has 458 valence electrons. The number of rotatable bonds is 16. The summed E-state index contributed by atoms with van der Waals surface area (Å²) in [6.07, 6.45) is 0. The molecule has 0 fully saturated rings.